The lowest BCUT2D eigenvalue weighted by atomic mass is 10.1. The quantitative estimate of drug-likeness (QED) is 0.665. The molecule has 0 bridgehead atoms. The van der Waals surface area contributed by atoms with Gasteiger partial charge in [0.2, 0.25) is 0 Å². The molecule has 0 saturated carbocycles. The zero-order valence-corrected chi connectivity index (χ0v) is 16.2. The number of hydrogen-bond donors (Lipinski definition) is 2. The summed E-state index contributed by atoms with van der Waals surface area (Å²) in [5, 5.41) is 3.15. The molecule has 140 valence electrons. The first kappa shape index (κ1) is 18.7. The fourth-order valence-electron chi connectivity index (χ4n) is 2.45. The van der Waals surface area contributed by atoms with Crippen molar-refractivity contribution in [2.75, 3.05) is 17.1 Å². The summed E-state index contributed by atoms with van der Waals surface area (Å²) in [5.74, 6) is 1.37. The number of hydrogen-bond acceptors (Lipinski definition) is 5. The first-order valence-corrected chi connectivity index (χ1v) is 9.83. The summed E-state index contributed by atoms with van der Waals surface area (Å²) in [7, 11) is -2.04. The zero-order valence-electron chi connectivity index (χ0n) is 15.4. The van der Waals surface area contributed by atoms with Gasteiger partial charge in [-0.2, -0.15) is 0 Å². The molecule has 0 radical (unpaired) electrons. The monoisotopic (exact) mass is 383 g/mol. The summed E-state index contributed by atoms with van der Waals surface area (Å²) >= 11 is 0. The molecule has 0 saturated heterocycles. The van der Waals surface area contributed by atoms with Crippen LogP contribution in [0.25, 0.3) is 0 Å². The van der Waals surface area contributed by atoms with Crippen LogP contribution >= 0.6 is 0 Å². The highest BCUT2D eigenvalue weighted by Gasteiger charge is 2.15. The van der Waals surface area contributed by atoms with Gasteiger partial charge >= 0.3 is 0 Å². The van der Waals surface area contributed by atoms with Crippen molar-refractivity contribution in [3.8, 4) is 5.75 Å². The number of aryl methyl sites for hydroxylation is 2. The molecule has 2 aromatic carbocycles. The minimum absolute atomic E-state index is 0.228. The number of anilines is 3. The minimum Gasteiger partial charge on any atom is -0.497 e. The van der Waals surface area contributed by atoms with E-state index >= 15 is 0 Å². The molecule has 3 rings (SSSR count). The Hall–Kier alpha value is -3.06. The van der Waals surface area contributed by atoms with Gasteiger partial charge in [0.15, 0.2) is 0 Å². The minimum atomic E-state index is -3.66. The summed E-state index contributed by atoms with van der Waals surface area (Å²) in [6.07, 6.45) is 1.48. The molecular weight excluding hydrogens is 362 g/mol. The number of methoxy groups -OCH3 is 1. The van der Waals surface area contributed by atoms with Gasteiger partial charge in [0.05, 0.1) is 23.9 Å². The van der Waals surface area contributed by atoms with E-state index in [9.17, 15) is 8.42 Å². The smallest absolute Gasteiger partial charge is 0.261 e. The molecule has 1 aromatic heterocycles. The van der Waals surface area contributed by atoms with Crippen molar-refractivity contribution in [1.82, 2.24) is 4.98 Å². The number of sulfonamides is 1. The first-order valence-electron chi connectivity index (χ1n) is 8.34. The van der Waals surface area contributed by atoms with Crippen LogP contribution in [0, 0.1) is 13.8 Å². The van der Waals surface area contributed by atoms with Gasteiger partial charge in [-0.3, -0.25) is 4.72 Å². The second kappa shape index (κ2) is 7.67. The maximum Gasteiger partial charge on any atom is 0.261 e. The van der Waals surface area contributed by atoms with Crippen molar-refractivity contribution >= 4 is 27.2 Å². The molecular formula is C20H21N3O3S. The third kappa shape index (κ3) is 4.57. The number of ether oxygens (including phenoxy) is 1. The third-order valence-electron chi connectivity index (χ3n) is 4.17. The van der Waals surface area contributed by atoms with E-state index < -0.39 is 10.0 Å². The highest BCUT2D eigenvalue weighted by atomic mass is 32.2. The summed E-state index contributed by atoms with van der Waals surface area (Å²) < 4.78 is 32.7. The van der Waals surface area contributed by atoms with Crippen LogP contribution in [-0.2, 0) is 10.0 Å². The molecule has 0 aliphatic carbocycles. The number of aromatic nitrogens is 1. The Morgan fingerprint density at radius 1 is 0.889 bits per heavy atom. The Kier molecular flexibility index (Phi) is 5.32. The number of pyridine rings is 1. The molecule has 6 nitrogen and oxygen atoms in total. The number of nitrogens with zero attached hydrogens (tertiary/aromatic N) is 1. The SMILES string of the molecule is COc1ccc(Nc2ccc(NS(=O)(=O)c3ccc(C)c(C)c3)cn2)cc1. The van der Waals surface area contributed by atoms with Crippen molar-refractivity contribution in [1.29, 1.82) is 0 Å². The second-order valence-corrected chi connectivity index (χ2v) is 7.82. The fourth-order valence-corrected chi connectivity index (χ4v) is 3.57. The molecule has 0 aliphatic rings. The van der Waals surface area contributed by atoms with Crippen LogP contribution in [0.2, 0.25) is 0 Å². The van der Waals surface area contributed by atoms with Crippen LogP contribution in [-0.4, -0.2) is 20.5 Å². The molecule has 0 atom stereocenters. The van der Waals surface area contributed by atoms with Crippen LogP contribution in [0.15, 0.2) is 65.7 Å². The second-order valence-electron chi connectivity index (χ2n) is 6.14. The predicted octanol–water partition coefficient (Wildman–Crippen LogP) is 4.25. The summed E-state index contributed by atoms with van der Waals surface area (Å²) in [6, 6.07) is 15.9. The van der Waals surface area contributed by atoms with Crippen molar-refractivity contribution in [3.63, 3.8) is 0 Å². The van der Waals surface area contributed by atoms with Crippen molar-refractivity contribution in [2.24, 2.45) is 0 Å². The maximum absolute atomic E-state index is 12.5. The molecule has 27 heavy (non-hydrogen) atoms. The topological polar surface area (TPSA) is 80.3 Å². The average Bonchev–Trinajstić information content (AvgIpc) is 2.66. The van der Waals surface area contributed by atoms with E-state index in [2.05, 4.69) is 15.0 Å². The lowest BCUT2D eigenvalue weighted by Crippen LogP contribution is -2.13. The lowest BCUT2D eigenvalue weighted by Gasteiger charge is -2.11. The molecule has 7 heteroatoms. The highest BCUT2D eigenvalue weighted by Crippen LogP contribution is 2.21. The van der Waals surface area contributed by atoms with Crippen molar-refractivity contribution in [3.05, 3.63) is 71.9 Å². The number of rotatable bonds is 6. The fraction of sp³-hybridized carbons (Fsp3) is 0.150. The van der Waals surface area contributed by atoms with E-state index in [4.69, 9.17) is 4.74 Å². The molecule has 0 aliphatic heterocycles. The van der Waals surface area contributed by atoms with E-state index in [1.165, 1.54) is 6.20 Å². The molecule has 0 unspecified atom stereocenters. The van der Waals surface area contributed by atoms with E-state index in [0.717, 1.165) is 22.6 Å². The Balaban J connectivity index is 1.71. The molecule has 1 heterocycles. The van der Waals surface area contributed by atoms with Gasteiger partial charge in [-0.1, -0.05) is 6.07 Å². The lowest BCUT2D eigenvalue weighted by molar-refractivity contribution is 0.415. The molecule has 0 amide bonds. The Bertz CT molecular complexity index is 1030. The first-order chi connectivity index (χ1) is 12.9. The Morgan fingerprint density at radius 2 is 1.59 bits per heavy atom. The standard InChI is InChI=1S/C20H21N3O3S/c1-14-4-10-19(12-15(14)2)27(24,25)23-17-7-11-20(21-13-17)22-16-5-8-18(26-3)9-6-16/h4-13,23H,1-3H3,(H,21,22). The summed E-state index contributed by atoms with van der Waals surface area (Å²) in [6.45, 7) is 3.83. The largest absolute Gasteiger partial charge is 0.497 e. The van der Waals surface area contributed by atoms with E-state index in [1.807, 2.05) is 38.1 Å². The van der Waals surface area contributed by atoms with Crippen LogP contribution < -0.4 is 14.8 Å². The van der Waals surface area contributed by atoms with Gasteiger partial charge < -0.3 is 10.1 Å². The van der Waals surface area contributed by atoms with Gasteiger partial charge in [-0.05, 0) is 73.5 Å². The van der Waals surface area contributed by atoms with Crippen molar-refractivity contribution in [2.45, 2.75) is 18.7 Å². The Labute approximate surface area is 159 Å². The molecule has 2 N–H and O–H groups in total. The summed E-state index contributed by atoms with van der Waals surface area (Å²) in [5.41, 5.74) is 3.22. The predicted molar refractivity (Wildman–Crippen MR) is 107 cm³/mol. The van der Waals surface area contributed by atoms with E-state index in [1.54, 1.807) is 37.4 Å². The van der Waals surface area contributed by atoms with E-state index in [-0.39, 0.29) is 4.90 Å². The van der Waals surface area contributed by atoms with Gasteiger partial charge in [0.1, 0.15) is 11.6 Å². The van der Waals surface area contributed by atoms with Crippen LogP contribution in [0.3, 0.4) is 0 Å². The van der Waals surface area contributed by atoms with Gasteiger partial charge in [0, 0.05) is 5.69 Å². The zero-order chi connectivity index (χ0) is 19.4. The van der Waals surface area contributed by atoms with Crippen LogP contribution in [0.4, 0.5) is 17.2 Å². The van der Waals surface area contributed by atoms with Gasteiger partial charge in [0.25, 0.3) is 10.0 Å². The maximum atomic E-state index is 12.5. The number of benzene rings is 2. The number of nitrogens with one attached hydrogen (secondary N) is 2. The van der Waals surface area contributed by atoms with Gasteiger partial charge in [-0.25, -0.2) is 13.4 Å². The molecule has 0 fully saturated rings. The normalized spacial score (nSPS) is 11.1. The van der Waals surface area contributed by atoms with E-state index in [0.29, 0.717) is 11.5 Å². The van der Waals surface area contributed by atoms with Crippen LogP contribution in [0.1, 0.15) is 11.1 Å². The van der Waals surface area contributed by atoms with Gasteiger partial charge in [-0.15, -0.1) is 0 Å². The summed E-state index contributed by atoms with van der Waals surface area (Å²) in [4.78, 5) is 4.48. The Morgan fingerprint density at radius 3 is 2.19 bits per heavy atom. The molecule has 3 aromatic rings. The van der Waals surface area contributed by atoms with Crippen molar-refractivity contribution < 1.29 is 13.2 Å². The third-order valence-corrected chi connectivity index (χ3v) is 5.55. The average molecular weight is 383 g/mol. The highest BCUT2D eigenvalue weighted by molar-refractivity contribution is 7.92. The molecule has 0 spiro atoms. The van der Waals surface area contributed by atoms with Crippen LogP contribution in [0.5, 0.6) is 5.75 Å².